The van der Waals surface area contributed by atoms with Crippen molar-refractivity contribution in [1.29, 1.82) is 0 Å². The van der Waals surface area contributed by atoms with Crippen LogP contribution in [0.1, 0.15) is 25.0 Å². The van der Waals surface area contributed by atoms with Crippen LogP contribution in [-0.2, 0) is 11.2 Å². The average Bonchev–Trinajstić information content (AvgIpc) is 2.69. The number of hydrazone groups is 1. The summed E-state index contributed by atoms with van der Waals surface area (Å²) in [4.78, 5) is 14.2. The molecular weight excluding hydrogens is 338 g/mol. The van der Waals surface area contributed by atoms with Gasteiger partial charge in [0.2, 0.25) is 0 Å². The maximum absolute atomic E-state index is 11.9. The third kappa shape index (κ3) is 6.29. The molecule has 0 saturated heterocycles. The van der Waals surface area contributed by atoms with E-state index in [-0.39, 0.29) is 12.5 Å². The second-order valence-electron chi connectivity index (χ2n) is 5.95. The molecule has 1 N–H and O–H groups in total. The van der Waals surface area contributed by atoms with Crippen LogP contribution in [0.4, 0.5) is 5.69 Å². The fourth-order valence-corrected chi connectivity index (χ4v) is 2.68. The maximum atomic E-state index is 11.9. The van der Waals surface area contributed by atoms with Gasteiger partial charge in [-0.2, -0.15) is 5.10 Å². The highest BCUT2D eigenvalue weighted by molar-refractivity contribution is 5.83. The van der Waals surface area contributed by atoms with Crippen LogP contribution in [0.2, 0.25) is 0 Å². The molecule has 5 nitrogen and oxygen atoms in total. The summed E-state index contributed by atoms with van der Waals surface area (Å²) in [5, 5.41) is 3.99. The minimum absolute atomic E-state index is 0.0909. The van der Waals surface area contributed by atoms with Crippen molar-refractivity contribution >= 4 is 17.8 Å². The van der Waals surface area contributed by atoms with E-state index in [9.17, 15) is 4.79 Å². The number of carbonyl (C=O) groups excluding carboxylic acids is 1. The normalized spacial score (nSPS) is 10.6. The molecule has 0 saturated carbocycles. The van der Waals surface area contributed by atoms with E-state index in [1.807, 2.05) is 36.4 Å². The van der Waals surface area contributed by atoms with E-state index in [1.54, 1.807) is 12.3 Å². The zero-order valence-electron chi connectivity index (χ0n) is 16.0. The van der Waals surface area contributed by atoms with Crippen molar-refractivity contribution in [3.63, 3.8) is 0 Å². The molecule has 0 unspecified atom stereocenters. The van der Waals surface area contributed by atoms with Gasteiger partial charge in [0.15, 0.2) is 6.61 Å². The summed E-state index contributed by atoms with van der Waals surface area (Å²) in [6.07, 6.45) is 4.12. The van der Waals surface area contributed by atoms with Gasteiger partial charge in [0.1, 0.15) is 5.75 Å². The molecule has 1 amide bonds. The zero-order valence-corrected chi connectivity index (χ0v) is 16.0. The lowest BCUT2D eigenvalue weighted by atomic mass is 10.1. The van der Waals surface area contributed by atoms with Gasteiger partial charge in [-0.3, -0.25) is 4.79 Å². The molecular formula is C22H27N3O2. The van der Waals surface area contributed by atoms with E-state index in [0.717, 1.165) is 24.2 Å². The fraction of sp³-hybridized carbons (Fsp3) is 0.273. The Balaban J connectivity index is 1.84. The summed E-state index contributed by atoms with van der Waals surface area (Å²) < 4.78 is 5.58. The van der Waals surface area contributed by atoms with Crippen LogP contribution in [0.25, 0.3) is 0 Å². The number of para-hydroxylation sites is 1. The third-order valence-electron chi connectivity index (χ3n) is 4.12. The monoisotopic (exact) mass is 365 g/mol. The predicted octanol–water partition coefficient (Wildman–Crippen LogP) is 3.79. The molecule has 27 heavy (non-hydrogen) atoms. The molecule has 2 aromatic rings. The molecule has 0 atom stereocenters. The molecule has 0 fully saturated rings. The van der Waals surface area contributed by atoms with Crippen molar-refractivity contribution in [3.05, 3.63) is 72.3 Å². The van der Waals surface area contributed by atoms with E-state index >= 15 is 0 Å². The summed E-state index contributed by atoms with van der Waals surface area (Å²) in [5.74, 6) is 0.378. The van der Waals surface area contributed by atoms with Gasteiger partial charge in [-0.25, -0.2) is 5.43 Å². The number of rotatable bonds is 10. The van der Waals surface area contributed by atoms with Gasteiger partial charge in [-0.05, 0) is 49.6 Å². The first-order valence-electron chi connectivity index (χ1n) is 9.16. The van der Waals surface area contributed by atoms with Gasteiger partial charge >= 0.3 is 0 Å². The lowest BCUT2D eigenvalue weighted by Crippen LogP contribution is -2.24. The highest BCUT2D eigenvalue weighted by atomic mass is 16.5. The van der Waals surface area contributed by atoms with E-state index in [4.69, 9.17) is 4.74 Å². The van der Waals surface area contributed by atoms with E-state index in [1.165, 1.54) is 5.69 Å². The molecule has 0 aliphatic carbocycles. The Morgan fingerprint density at radius 2 is 1.85 bits per heavy atom. The average molecular weight is 365 g/mol. The van der Waals surface area contributed by atoms with E-state index < -0.39 is 0 Å². The Bertz CT molecular complexity index is 765. The largest absolute Gasteiger partial charge is 0.483 e. The molecule has 2 rings (SSSR count). The second-order valence-corrected chi connectivity index (χ2v) is 5.95. The lowest BCUT2D eigenvalue weighted by molar-refractivity contribution is -0.123. The van der Waals surface area contributed by atoms with E-state index in [2.05, 4.69) is 48.0 Å². The van der Waals surface area contributed by atoms with Crippen molar-refractivity contribution in [2.75, 3.05) is 24.6 Å². The first-order chi connectivity index (χ1) is 13.2. The van der Waals surface area contributed by atoms with Crippen molar-refractivity contribution in [1.82, 2.24) is 5.43 Å². The maximum Gasteiger partial charge on any atom is 0.277 e. The Hall–Kier alpha value is -3.08. The van der Waals surface area contributed by atoms with Crippen LogP contribution in [0.3, 0.4) is 0 Å². The number of hydrogen-bond acceptors (Lipinski definition) is 4. The highest BCUT2D eigenvalue weighted by Crippen LogP contribution is 2.18. The molecule has 5 heteroatoms. The van der Waals surface area contributed by atoms with Crippen molar-refractivity contribution in [3.8, 4) is 5.75 Å². The van der Waals surface area contributed by atoms with Gasteiger partial charge in [0, 0.05) is 18.8 Å². The first-order valence-corrected chi connectivity index (χ1v) is 9.16. The number of hydrogen-bond donors (Lipinski definition) is 1. The number of anilines is 1. The molecule has 0 heterocycles. The Kier molecular flexibility index (Phi) is 8.10. The summed E-state index contributed by atoms with van der Waals surface area (Å²) in [6.45, 7) is 9.84. The van der Waals surface area contributed by atoms with Crippen LogP contribution < -0.4 is 15.1 Å². The fourth-order valence-electron chi connectivity index (χ4n) is 2.68. The van der Waals surface area contributed by atoms with Crippen LogP contribution in [0, 0.1) is 0 Å². The van der Waals surface area contributed by atoms with Crippen LogP contribution in [0.5, 0.6) is 5.75 Å². The number of nitrogens with one attached hydrogen (secondary N) is 1. The minimum atomic E-state index is -0.306. The predicted molar refractivity (Wildman–Crippen MR) is 112 cm³/mol. The second kappa shape index (κ2) is 10.8. The van der Waals surface area contributed by atoms with E-state index in [0.29, 0.717) is 12.2 Å². The van der Waals surface area contributed by atoms with Gasteiger partial charge in [0.05, 0.1) is 6.21 Å². The molecule has 0 aromatic heterocycles. The molecule has 0 aliphatic rings. The van der Waals surface area contributed by atoms with Crippen molar-refractivity contribution in [2.45, 2.75) is 20.3 Å². The molecule has 2 aromatic carbocycles. The Morgan fingerprint density at radius 3 is 2.52 bits per heavy atom. The molecule has 0 bridgehead atoms. The van der Waals surface area contributed by atoms with Crippen molar-refractivity contribution < 1.29 is 9.53 Å². The topological polar surface area (TPSA) is 53.9 Å². The van der Waals surface area contributed by atoms with Crippen LogP contribution in [0.15, 0.2) is 66.3 Å². The molecule has 142 valence electrons. The molecule has 0 spiro atoms. The summed E-state index contributed by atoms with van der Waals surface area (Å²) in [5.41, 5.74) is 5.58. The smallest absolute Gasteiger partial charge is 0.277 e. The zero-order chi connectivity index (χ0) is 19.5. The van der Waals surface area contributed by atoms with Gasteiger partial charge in [-0.1, -0.05) is 36.4 Å². The van der Waals surface area contributed by atoms with Crippen LogP contribution >= 0.6 is 0 Å². The number of nitrogens with zero attached hydrogens (tertiary/aromatic N) is 2. The highest BCUT2D eigenvalue weighted by Gasteiger charge is 2.05. The van der Waals surface area contributed by atoms with Gasteiger partial charge in [0.25, 0.3) is 5.91 Å². The number of amides is 1. The summed E-state index contributed by atoms with van der Waals surface area (Å²) in [6, 6.07) is 15.7. The molecule has 0 aliphatic heterocycles. The first kappa shape index (κ1) is 20.2. The number of carbonyl (C=O) groups is 1. The Morgan fingerprint density at radius 1 is 1.15 bits per heavy atom. The van der Waals surface area contributed by atoms with Crippen molar-refractivity contribution in [2.24, 2.45) is 5.10 Å². The minimum Gasteiger partial charge on any atom is -0.483 e. The lowest BCUT2D eigenvalue weighted by Gasteiger charge is -2.20. The Labute approximate surface area is 161 Å². The number of benzene rings is 2. The standard InChI is InChI=1S/C22H27N3O2/c1-4-9-19-10-7-8-11-21(19)27-17-22(26)24-23-16-18-12-14-20(15-13-18)25(5-2)6-3/h4,7-8,10-16H,1,5-6,9,17H2,2-3H3,(H,24,26)/b23-16-. The summed E-state index contributed by atoms with van der Waals surface area (Å²) in [7, 11) is 0. The van der Waals surface area contributed by atoms with Gasteiger partial charge in [-0.15, -0.1) is 6.58 Å². The third-order valence-corrected chi connectivity index (χ3v) is 4.12. The SMILES string of the molecule is C=CCc1ccccc1OCC(=O)N/N=C\c1ccc(N(CC)CC)cc1. The summed E-state index contributed by atoms with van der Waals surface area (Å²) >= 11 is 0. The number of ether oxygens (including phenoxy) is 1. The van der Waals surface area contributed by atoms with Gasteiger partial charge < -0.3 is 9.64 Å². The van der Waals surface area contributed by atoms with Crippen LogP contribution in [-0.4, -0.2) is 31.8 Å². The molecule has 0 radical (unpaired) electrons. The number of allylic oxidation sites excluding steroid dienone is 1. The quantitative estimate of drug-likeness (QED) is 0.396.